The van der Waals surface area contributed by atoms with Gasteiger partial charge in [0, 0.05) is 5.02 Å². The first-order valence-corrected chi connectivity index (χ1v) is 7.52. The number of anilines is 1. The number of urea groups is 1. The van der Waals surface area contributed by atoms with Gasteiger partial charge in [0.05, 0.1) is 5.69 Å². The second-order valence-electron chi connectivity index (χ2n) is 5.22. The highest BCUT2D eigenvalue weighted by atomic mass is 35.5. The van der Waals surface area contributed by atoms with Crippen molar-refractivity contribution in [2.45, 2.75) is 0 Å². The van der Waals surface area contributed by atoms with Crippen molar-refractivity contribution < 1.29 is 19.1 Å². The molecule has 0 atom stereocenters. The molecule has 24 heavy (non-hydrogen) atoms. The van der Waals surface area contributed by atoms with E-state index in [0.29, 0.717) is 22.2 Å². The number of carbonyl (C=O) groups is 2. The van der Waals surface area contributed by atoms with E-state index >= 15 is 0 Å². The van der Waals surface area contributed by atoms with Gasteiger partial charge in [-0.3, -0.25) is 4.79 Å². The number of imide groups is 1. The molecule has 2 aliphatic rings. The van der Waals surface area contributed by atoms with Gasteiger partial charge in [-0.1, -0.05) is 17.7 Å². The van der Waals surface area contributed by atoms with Crippen LogP contribution >= 0.6 is 11.6 Å². The highest BCUT2D eigenvalue weighted by Crippen LogP contribution is 2.33. The zero-order chi connectivity index (χ0) is 16.7. The second-order valence-corrected chi connectivity index (χ2v) is 5.65. The molecule has 3 amide bonds. The lowest BCUT2D eigenvalue weighted by molar-refractivity contribution is -0.113. The van der Waals surface area contributed by atoms with E-state index in [-0.39, 0.29) is 12.5 Å². The van der Waals surface area contributed by atoms with Crippen LogP contribution in [-0.2, 0) is 4.79 Å². The van der Waals surface area contributed by atoms with Gasteiger partial charge in [-0.2, -0.15) is 0 Å². The minimum absolute atomic E-state index is 0.176. The lowest BCUT2D eigenvalue weighted by Gasteiger charge is -2.11. The molecule has 0 spiro atoms. The summed E-state index contributed by atoms with van der Waals surface area (Å²) in [6.45, 7) is 0.176. The molecular formula is C17H11ClN2O4. The Hall–Kier alpha value is -2.99. The van der Waals surface area contributed by atoms with Gasteiger partial charge in [0.1, 0.15) is 5.70 Å². The summed E-state index contributed by atoms with van der Waals surface area (Å²) in [5.74, 6) is 0.831. The molecule has 0 saturated carbocycles. The van der Waals surface area contributed by atoms with Crippen LogP contribution in [0.5, 0.6) is 11.5 Å². The Bertz CT molecular complexity index is 877. The summed E-state index contributed by atoms with van der Waals surface area (Å²) in [7, 11) is 0. The van der Waals surface area contributed by atoms with Crippen molar-refractivity contribution >= 4 is 35.3 Å². The number of hydrogen-bond acceptors (Lipinski definition) is 4. The summed E-state index contributed by atoms with van der Waals surface area (Å²) in [5, 5.41) is 3.11. The van der Waals surface area contributed by atoms with Crippen molar-refractivity contribution in [3.63, 3.8) is 0 Å². The first-order valence-electron chi connectivity index (χ1n) is 7.14. The van der Waals surface area contributed by atoms with Gasteiger partial charge in [0.2, 0.25) is 6.79 Å². The van der Waals surface area contributed by atoms with Crippen LogP contribution < -0.4 is 19.7 Å². The average molecular weight is 343 g/mol. The predicted molar refractivity (Wildman–Crippen MR) is 88.0 cm³/mol. The maximum absolute atomic E-state index is 12.5. The lowest BCUT2D eigenvalue weighted by Crippen LogP contribution is -2.30. The van der Waals surface area contributed by atoms with Gasteiger partial charge in [0.25, 0.3) is 5.91 Å². The molecule has 4 rings (SSSR count). The summed E-state index contributed by atoms with van der Waals surface area (Å²) in [4.78, 5) is 25.7. The summed E-state index contributed by atoms with van der Waals surface area (Å²) in [5.41, 5.74) is 1.37. The van der Waals surface area contributed by atoms with Crippen LogP contribution in [0.1, 0.15) is 5.56 Å². The zero-order valence-electron chi connectivity index (χ0n) is 12.3. The number of hydrogen-bond donors (Lipinski definition) is 1. The van der Waals surface area contributed by atoms with Crippen molar-refractivity contribution in [1.29, 1.82) is 0 Å². The summed E-state index contributed by atoms with van der Waals surface area (Å²) >= 11 is 5.84. The SMILES string of the molecule is O=C1N/C(=C/c2ccc3c(c2)OCO3)C(=O)N1c1ccc(Cl)cc1. The normalized spacial score (nSPS) is 17.5. The Morgan fingerprint density at radius 1 is 1.04 bits per heavy atom. The monoisotopic (exact) mass is 342 g/mol. The fourth-order valence-corrected chi connectivity index (χ4v) is 2.66. The fraction of sp³-hybridized carbons (Fsp3) is 0.0588. The Balaban J connectivity index is 1.64. The smallest absolute Gasteiger partial charge is 0.333 e. The van der Waals surface area contributed by atoms with Crippen LogP contribution in [-0.4, -0.2) is 18.7 Å². The molecule has 0 bridgehead atoms. The topological polar surface area (TPSA) is 67.9 Å². The van der Waals surface area contributed by atoms with Crippen molar-refractivity contribution in [2.75, 3.05) is 11.7 Å². The summed E-state index contributed by atoms with van der Waals surface area (Å²) in [6, 6.07) is 11.3. The third kappa shape index (κ3) is 2.47. The van der Waals surface area contributed by atoms with Crippen LogP contribution in [0.15, 0.2) is 48.2 Å². The molecule has 0 unspecified atom stereocenters. The number of nitrogens with zero attached hydrogens (tertiary/aromatic N) is 1. The quantitative estimate of drug-likeness (QED) is 0.672. The molecule has 0 aromatic heterocycles. The number of rotatable bonds is 2. The van der Waals surface area contributed by atoms with E-state index in [9.17, 15) is 9.59 Å². The maximum atomic E-state index is 12.5. The molecule has 7 heteroatoms. The highest BCUT2D eigenvalue weighted by molar-refractivity contribution is 6.31. The van der Waals surface area contributed by atoms with Gasteiger partial charge < -0.3 is 14.8 Å². The minimum atomic E-state index is -0.505. The number of halogens is 1. The minimum Gasteiger partial charge on any atom is -0.454 e. The van der Waals surface area contributed by atoms with E-state index in [4.69, 9.17) is 21.1 Å². The molecule has 2 heterocycles. The molecule has 2 aromatic carbocycles. The summed E-state index contributed by atoms with van der Waals surface area (Å²) in [6.07, 6.45) is 1.60. The Morgan fingerprint density at radius 3 is 2.58 bits per heavy atom. The molecular weight excluding hydrogens is 332 g/mol. The van der Waals surface area contributed by atoms with E-state index in [2.05, 4.69) is 5.32 Å². The number of nitrogens with one attached hydrogen (secondary N) is 1. The van der Waals surface area contributed by atoms with Gasteiger partial charge in [-0.25, -0.2) is 9.69 Å². The zero-order valence-corrected chi connectivity index (χ0v) is 13.0. The van der Waals surface area contributed by atoms with Crippen molar-refractivity contribution in [3.05, 3.63) is 58.7 Å². The first kappa shape index (κ1) is 14.6. The number of fused-ring (bicyclic) bond motifs is 1. The number of ether oxygens (including phenoxy) is 2. The third-order valence-corrected chi connectivity index (χ3v) is 3.92. The molecule has 6 nitrogen and oxygen atoms in total. The van der Waals surface area contributed by atoms with Gasteiger partial charge in [-0.15, -0.1) is 0 Å². The largest absolute Gasteiger partial charge is 0.454 e. The molecule has 2 aliphatic heterocycles. The van der Waals surface area contributed by atoms with E-state index in [1.165, 1.54) is 0 Å². The molecule has 1 saturated heterocycles. The van der Waals surface area contributed by atoms with Crippen LogP contribution in [0.4, 0.5) is 10.5 Å². The van der Waals surface area contributed by atoms with Crippen LogP contribution in [0, 0.1) is 0 Å². The maximum Gasteiger partial charge on any atom is 0.333 e. The average Bonchev–Trinajstić information content (AvgIpc) is 3.13. The third-order valence-electron chi connectivity index (χ3n) is 3.67. The summed E-state index contributed by atoms with van der Waals surface area (Å²) < 4.78 is 10.6. The molecule has 1 fully saturated rings. The van der Waals surface area contributed by atoms with Crippen molar-refractivity contribution in [1.82, 2.24) is 5.32 Å². The molecule has 2 aromatic rings. The highest BCUT2D eigenvalue weighted by Gasteiger charge is 2.34. The standard InChI is InChI=1S/C17H11ClN2O4/c18-11-2-4-12(5-3-11)20-16(21)13(19-17(20)22)7-10-1-6-14-15(8-10)24-9-23-14/h1-8H,9H2,(H,19,22)/b13-7+. The predicted octanol–water partition coefficient (Wildman–Crippen LogP) is 3.17. The first-order chi connectivity index (χ1) is 11.6. The Labute approximate surface area is 142 Å². The molecule has 120 valence electrons. The fourth-order valence-electron chi connectivity index (χ4n) is 2.53. The number of amides is 3. The lowest BCUT2D eigenvalue weighted by atomic mass is 10.1. The molecule has 0 radical (unpaired) electrons. The van der Waals surface area contributed by atoms with Gasteiger partial charge in [0.15, 0.2) is 11.5 Å². The van der Waals surface area contributed by atoms with Gasteiger partial charge in [-0.05, 0) is 48.0 Å². The molecule has 1 N–H and O–H groups in total. The van der Waals surface area contributed by atoms with Crippen molar-refractivity contribution in [2.24, 2.45) is 0 Å². The van der Waals surface area contributed by atoms with E-state index in [0.717, 1.165) is 10.5 Å². The molecule has 0 aliphatic carbocycles. The van der Waals surface area contributed by atoms with E-state index in [1.807, 2.05) is 0 Å². The van der Waals surface area contributed by atoms with E-state index in [1.54, 1.807) is 48.5 Å². The Kier molecular flexibility index (Phi) is 3.39. The van der Waals surface area contributed by atoms with Crippen LogP contribution in [0.2, 0.25) is 5.02 Å². The van der Waals surface area contributed by atoms with Crippen LogP contribution in [0.3, 0.4) is 0 Å². The second kappa shape index (κ2) is 5.58. The number of carbonyl (C=O) groups excluding carboxylic acids is 2. The number of benzene rings is 2. The van der Waals surface area contributed by atoms with Crippen molar-refractivity contribution in [3.8, 4) is 11.5 Å². The van der Waals surface area contributed by atoms with E-state index < -0.39 is 11.9 Å². The van der Waals surface area contributed by atoms with Crippen LogP contribution in [0.25, 0.3) is 6.08 Å². The van der Waals surface area contributed by atoms with Gasteiger partial charge >= 0.3 is 6.03 Å². The Morgan fingerprint density at radius 2 is 1.79 bits per heavy atom.